The molecule has 0 saturated carbocycles. The first-order valence-electron chi connectivity index (χ1n) is 6.55. The van der Waals surface area contributed by atoms with Crippen LogP contribution in [0.25, 0.3) is 10.7 Å². The van der Waals surface area contributed by atoms with Gasteiger partial charge >= 0.3 is 6.18 Å². The summed E-state index contributed by atoms with van der Waals surface area (Å²) in [4.78, 5) is 11.0. The Labute approximate surface area is 146 Å². The van der Waals surface area contributed by atoms with E-state index in [2.05, 4.69) is 10.2 Å². The molecule has 0 aliphatic heterocycles. The average molecular weight is 387 g/mol. The van der Waals surface area contributed by atoms with Gasteiger partial charge in [0.1, 0.15) is 0 Å². The van der Waals surface area contributed by atoms with Crippen molar-refractivity contribution in [2.75, 3.05) is 5.84 Å². The Morgan fingerprint density at radius 1 is 1.28 bits per heavy atom. The Kier molecular flexibility index (Phi) is 4.39. The molecule has 0 saturated heterocycles. The van der Waals surface area contributed by atoms with Gasteiger partial charge in [0.2, 0.25) is 5.16 Å². The van der Waals surface area contributed by atoms with Crippen LogP contribution < -0.4 is 5.84 Å². The Hall–Kier alpha value is -2.60. The molecule has 1 aromatic carbocycles. The third kappa shape index (κ3) is 3.44. The van der Waals surface area contributed by atoms with E-state index in [0.717, 1.165) is 33.4 Å². The first-order chi connectivity index (χ1) is 11.8. The number of nitrogen functional groups attached to an aromatic ring is 1. The number of nitro groups is 1. The maximum Gasteiger partial charge on any atom is 0.416 e. The highest BCUT2D eigenvalue weighted by Crippen LogP contribution is 2.39. The van der Waals surface area contributed by atoms with Gasteiger partial charge in [0, 0.05) is 6.07 Å². The van der Waals surface area contributed by atoms with E-state index in [9.17, 15) is 23.3 Å². The molecule has 7 nitrogen and oxygen atoms in total. The molecule has 3 rings (SSSR count). The Bertz CT molecular complexity index is 924. The van der Waals surface area contributed by atoms with Crippen LogP contribution in [0.1, 0.15) is 5.56 Å². The zero-order valence-electron chi connectivity index (χ0n) is 12.1. The van der Waals surface area contributed by atoms with E-state index in [1.807, 2.05) is 5.38 Å². The zero-order valence-corrected chi connectivity index (χ0v) is 13.7. The number of aromatic nitrogens is 3. The number of hydrogen-bond acceptors (Lipinski definition) is 7. The van der Waals surface area contributed by atoms with Crippen molar-refractivity contribution in [1.29, 1.82) is 0 Å². The fourth-order valence-corrected chi connectivity index (χ4v) is 3.48. The second-order valence-electron chi connectivity index (χ2n) is 4.69. The van der Waals surface area contributed by atoms with Crippen LogP contribution in [0.2, 0.25) is 0 Å². The first kappa shape index (κ1) is 17.2. The van der Waals surface area contributed by atoms with E-state index < -0.39 is 22.4 Å². The highest BCUT2D eigenvalue weighted by atomic mass is 32.2. The highest BCUT2D eigenvalue weighted by molar-refractivity contribution is 7.99. The van der Waals surface area contributed by atoms with Gasteiger partial charge in [-0.15, -0.1) is 21.5 Å². The van der Waals surface area contributed by atoms with E-state index in [-0.39, 0.29) is 10.1 Å². The Morgan fingerprint density at radius 3 is 2.64 bits per heavy atom. The smallest absolute Gasteiger partial charge is 0.335 e. The number of nitrogens with zero attached hydrogens (tertiary/aromatic N) is 4. The number of hydrogen-bond donors (Lipinski definition) is 1. The lowest BCUT2D eigenvalue weighted by Crippen LogP contribution is -2.11. The minimum absolute atomic E-state index is 0.0187. The maximum atomic E-state index is 12.7. The molecule has 3 aromatic rings. The zero-order chi connectivity index (χ0) is 18.2. The standard InChI is InChI=1S/C13H8F3N5O2S2/c14-13(15,16)7-3-4-9(8(6-7)21(22)23)25-12-19-18-11(20(12)17)10-2-1-5-24-10/h1-6H,17H2. The van der Waals surface area contributed by atoms with Gasteiger partial charge in [0.25, 0.3) is 5.69 Å². The van der Waals surface area contributed by atoms with E-state index in [1.54, 1.807) is 12.1 Å². The first-order valence-corrected chi connectivity index (χ1v) is 8.25. The molecule has 130 valence electrons. The van der Waals surface area contributed by atoms with Gasteiger partial charge in [-0.3, -0.25) is 10.1 Å². The van der Waals surface area contributed by atoms with Crippen molar-refractivity contribution >= 4 is 28.8 Å². The second kappa shape index (κ2) is 6.37. The van der Waals surface area contributed by atoms with Crippen molar-refractivity contribution in [1.82, 2.24) is 14.9 Å². The van der Waals surface area contributed by atoms with Crippen molar-refractivity contribution < 1.29 is 18.1 Å². The van der Waals surface area contributed by atoms with Gasteiger partial charge in [-0.25, -0.2) is 4.68 Å². The molecule has 2 N–H and O–H groups in total. The molecule has 0 bridgehead atoms. The lowest BCUT2D eigenvalue weighted by Gasteiger charge is -2.08. The molecule has 0 spiro atoms. The van der Waals surface area contributed by atoms with Gasteiger partial charge in [-0.05, 0) is 35.3 Å². The lowest BCUT2D eigenvalue weighted by molar-refractivity contribution is -0.388. The number of nitrogens with two attached hydrogens (primary N) is 1. The van der Waals surface area contributed by atoms with Crippen molar-refractivity contribution in [3.05, 3.63) is 51.4 Å². The predicted octanol–water partition coefficient (Wildman–Crippen LogP) is 3.80. The van der Waals surface area contributed by atoms with Crippen LogP contribution >= 0.6 is 23.1 Å². The van der Waals surface area contributed by atoms with Crippen LogP contribution in [-0.4, -0.2) is 19.8 Å². The summed E-state index contributed by atoms with van der Waals surface area (Å²) in [7, 11) is 0. The summed E-state index contributed by atoms with van der Waals surface area (Å²) in [6.07, 6.45) is -4.67. The van der Waals surface area contributed by atoms with Crippen LogP contribution in [0.15, 0.2) is 45.8 Å². The molecule has 0 unspecified atom stereocenters. The number of halogens is 3. The van der Waals surface area contributed by atoms with Crippen LogP contribution in [0.3, 0.4) is 0 Å². The molecule has 25 heavy (non-hydrogen) atoms. The quantitative estimate of drug-likeness (QED) is 0.415. The molecule has 0 fully saturated rings. The van der Waals surface area contributed by atoms with E-state index in [1.165, 1.54) is 11.3 Å². The van der Waals surface area contributed by atoms with Crippen LogP contribution in [-0.2, 0) is 6.18 Å². The summed E-state index contributed by atoms with van der Waals surface area (Å²) < 4.78 is 39.4. The van der Waals surface area contributed by atoms with E-state index in [0.29, 0.717) is 11.9 Å². The third-order valence-electron chi connectivity index (χ3n) is 3.09. The minimum atomic E-state index is -4.67. The molecule has 12 heteroatoms. The number of nitro benzene ring substituents is 1. The molecule has 0 atom stereocenters. The van der Waals surface area contributed by atoms with Crippen molar-refractivity contribution in [3.8, 4) is 10.7 Å². The summed E-state index contributed by atoms with van der Waals surface area (Å²) >= 11 is 2.14. The fourth-order valence-electron chi connectivity index (χ4n) is 1.94. The maximum absolute atomic E-state index is 12.7. The van der Waals surface area contributed by atoms with Gasteiger partial charge < -0.3 is 5.84 Å². The molecule has 0 aliphatic rings. The molecule has 0 amide bonds. The lowest BCUT2D eigenvalue weighted by atomic mass is 10.2. The summed E-state index contributed by atoms with van der Waals surface area (Å²) in [5.41, 5.74) is -1.78. The second-order valence-corrected chi connectivity index (χ2v) is 6.65. The monoisotopic (exact) mass is 387 g/mol. The van der Waals surface area contributed by atoms with Crippen molar-refractivity contribution in [3.63, 3.8) is 0 Å². The van der Waals surface area contributed by atoms with Crippen molar-refractivity contribution in [2.45, 2.75) is 16.2 Å². The summed E-state index contributed by atoms with van der Waals surface area (Å²) in [5, 5.41) is 20.8. The predicted molar refractivity (Wildman–Crippen MR) is 85.7 cm³/mol. The number of thiophene rings is 1. The Balaban J connectivity index is 1.97. The molecular formula is C13H8F3N5O2S2. The number of rotatable bonds is 4. The molecule has 0 radical (unpaired) electrons. The average Bonchev–Trinajstić information content (AvgIpc) is 3.17. The van der Waals surface area contributed by atoms with E-state index in [4.69, 9.17) is 5.84 Å². The van der Waals surface area contributed by atoms with Gasteiger partial charge in [0.05, 0.1) is 20.3 Å². The summed E-state index contributed by atoms with van der Waals surface area (Å²) in [5.74, 6) is 6.25. The third-order valence-corrected chi connectivity index (χ3v) is 4.98. The topological polar surface area (TPSA) is 99.9 Å². The van der Waals surface area contributed by atoms with Crippen LogP contribution in [0, 0.1) is 10.1 Å². The Morgan fingerprint density at radius 2 is 2.04 bits per heavy atom. The molecule has 0 aliphatic carbocycles. The summed E-state index contributed by atoms with van der Waals surface area (Å²) in [6.45, 7) is 0. The molecule has 2 heterocycles. The fraction of sp³-hybridized carbons (Fsp3) is 0.0769. The van der Waals surface area contributed by atoms with Gasteiger partial charge in [-0.2, -0.15) is 13.2 Å². The highest BCUT2D eigenvalue weighted by Gasteiger charge is 2.33. The van der Waals surface area contributed by atoms with E-state index >= 15 is 0 Å². The van der Waals surface area contributed by atoms with Crippen LogP contribution in [0.4, 0.5) is 18.9 Å². The minimum Gasteiger partial charge on any atom is -0.335 e. The SMILES string of the molecule is Nn1c(Sc2ccc(C(F)(F)F)cc2[N+](=O)[O-])nnc1-c1cccs1. The van der Waals surface area contributed by atoms with Crippen molar-refractivity contribution in [2.24, 2.45) is 0 Å². The number of alkyl halides is 3. The number of benzene rings is 1. The normalized spacial score (nSPS) is 11.6. The largest absolute Gasteiger partial charge is 0.416 e. The molecule has 2 aromatic heterocycles. The van der Waals surface area contributed by atoms with Crippen LogP contribution in [0.5, 0.6) is 0 Å². The summed E-state index contributed by atoms with van der Waals surface area (Å²) in [6, 6.07) is 5.84. The molecular weight excluding hydrogens is 379 g/mol. The van der Waals surface area contributed by atoms with Gasteiger partial charge in [-0.1, -0.05) is 6.07 Å². The van der Waals surface area contributed by atoms with Gasteiger partial charge in [0.15, 0.2) is 5.82 Å².